The Hall–Kier alpha value is -3.36. The molecule has 6 nitrogen and oxygen atoms in total. The second kappa shape index (κ2) is 9.64. The fourth-order valence-electron chi connectivity index (χ4n) is 2.99. The van der Waals surface area contributed by atoms with Crippen LogP contribution >= 0.6 is 27.5 Å². The fourth-order valence-corrected chi connectivity index (χ4v) is 3.43. The summed E-state index contributed by atoms with van der Waals surface area (Å²) in [5, 5.41) is 4.78. The number of hydrogen-bond acceptors (Lipinski definition) is 5. The Kier molecular flexibility index (Phi) is 6.67. The lowest BCUT2D eigenvalue weighted by atomic mass is 10.1. The highest BCUT2D eigenvalue weighted by atomic mass is 79.9. The van der Waals surface area contributed by atoms with Crippen LogP contribution in [0.3, 0.4) is 0 Å². The molecule has 9 heteroatoms. The van der Waals surface area contributed by atoms with Crippen LogP contribution in [0.2, 0.25) is 5.02 Å². The summed E-state index contributed by atoms with van der Waals surface area (Å²) < 4.78 is 20.8. The van der Waals surface area contributed by atoms with E-state index in [2.05, 4.69) is 26.0 Å². The number of aryl methyl sites for hydroxylation is 1. The third kappa shape index (κ3) is 5.18. The summed E-state index contributed by atoms with van der Waals surface area (Å²) in [4.78, 5) is 29.2. The van der Waals surface area contributed by atoms with Gasteiger partial charge in [0.25, 0.3) is 5.82 Å². The molecule has 0 aliphatic rings. The summed E-state index contributed by atoms with van der Waals surface area (Å²) in [6.45, 7) is 1.40. The van der Waals surface area contributed by atoms with E-state index in [0.29, 0.717) is 27.7 Å². The molecule has 1 aromatic heterocycles. The highest BCUT2D eigenvalue weighted by Gasteiger charge is 2.21. The number of esters is 1. The van der Waals surface area contributed by atoms with Crippen molar-refractivity contribution in [2.24, 2.45) is 0 Å². The summed E-state index contributed by atoms with van der Waals surface area (Å²) in [6.07, 6.45) is 0. The highest BCUT2D eigenvalue weighted by molar-refractivity contribution is 9.10. The standard InChI is InChI=1S/C24H16BrClFN3O3/c1-14-2-11-19(12-20(14)26)30-23(16-5-9-18(27)10-6-16)28-22(29-30)24(32)33-13-21(31)15-3-7-17(25)8-4-15/h2-12H,13H2,1H3. The van der Waals surface area contributed by atoms with Gasteiger partial charge >= 0.3 is 5.97 Å². The molecule has 0 bridgehead atoms. The Morgan fingerprint density at radius 3 is 2.42 bits per heavy atom. The van der Waals surface area contributed by atoms with Crippen molar-refractivity contribution in [2.75, 3.05) is 6.61 Å². The minimum atomic E-state index is -0.860. The van der Waals surface area contributed by atoms with E-state index in [4.69, 9.17) is 16.3 Å². The fraction of sp³-hybridized carbons (Fsp3) is 0.0833. The lowest BCUT2D eigenvalue weighted by Crippen LogP contribution is -2.15. The van der Waals surface area contributed by atoms with Crippen LogP contribution in [-0.4, -0.2) is 33.1 Å². The molecule has 0 aliphatic heterocycles. The zero-order valence-corrected chi connectivity index (χ0v) is 19.6. The van der Waals surface area contributed by atoms with Crippen LogP contribution in [0.1, 0.15) is 26.5 Å². The molecule has 0 fully saturated rings. The normalized spacial score (nSPS) is 10.8. The largest absolute Gasteiger partial charge is 0.451 e. The monoisotopic (exact) mass is 527 g/mol. The highest BCUT2D eigenvalue weighted by Crippen LogP contribution is 2.25. The van der Waals surface area contributed by atoms with Crippen molar-refractivity contribution >= 4 is 39.3 Å². The molecule has 4 rings (SSSR count). The van der Waals surface area contributed by atoms with E-state index in [0.717, 1.165) is 10.0 Å². The Labute approximate surface area is 202 Å². The van der Waals surface area contributed by atoms with Crippen LogP contribution in [0.4, 0.5) is 4.39 Å². The van der Waals surface area contributed by atoms with Gasteiger partial charge in [-0.1, -0.05) is 45.7 Å². The van der Waals surface area contributed by atoms with Gasteiger partial charge in [-0.3, -0.25) is 4.79 Å². The number of aromatic nitrogens is 3. The van der Waals surface area contributed by atoms with Gasteiger partial charge in [0, 0.05) is 20.6 Å². The number of Topliss-reactive ketones (excluding diaryl/α,β-unsaturated/α-hetero) is 1. The molecule has 4 aromatic rings. The van der Waals surface area contributed by atoms with Gasteiger partial charge in [-0.05, 0) is 61.0 Å². The van der Waals surface area contributed by atoms with Crippen molar-refractivity contribution in [2.45, 2.75) is 6.92 Å². The van der Waals surface area contributed by atoms with Crippen molar-refractivity contribution < 1.29 is 18.7 Å². The zero-order valence-electron chi connectivity index (χ0n) is 17.3. The first-order chi connectivity index (χ1) is 15.8. The number of ether oxygens (including phenoxy) is 1. The Balaban J connectivity index is 1.63. The number of nitrogens with zero attached hydrogens (tertiary/aromatic N) is 3. The summed E-state index contributed by atoms with van der Waals surface area (Å²) in [6, 6.07) is 17.6. The van der Waals surface area contributed by atoms with Crippen molar-refractivity contribution in [1.29, 1.82) is 0 Å². The predicted molar refractivity (Wildman–Crippen MR) is 125 cm³/mol. The van der Waals surface area contributed by atoms with Gasteiger partial charge in [0.1, 0.15) is 5.82 Å². The molecule has 0 atom stereocenters. The molecule has 0 saturated carbocycles. The average Bonchev–Trinajstić information content (AvgIpc) is 3.25. The molecule has 0 spiro atoms. The van der Waals surface area contributed by atoms with Crippen molar-refractivity contribution in [3.63, 3.8) is 0 Å². The van der Waals surface area contributed by atoms with Gasteiger partial charge < -0.3 is 4.74 Å². The minimum absolute atomic E-state index is 0.241. The minimum Gasteiger partial charge on any atom is -0.451 e. The molecule has 0 radical (unpaired) electrons. The summed E-state index contributed by atoms with van der Waals surface area (Å²) >= 11 is 9.56. The van der Waals surface area contributed by atoms with E-state index in [1.54, 1.807) is 36.4 Å². The van der Waals surface area contributed by atoms with Crippen LogP contribution in [0.5, 0.6) is 0 Å². The zero-order chi connectivity index (χ0) is 23.5. The summed E-state index contributed by atoms with van der Waals surface area (Å²) in [7, 11) is 0. The molecule has 166 valence electrons. The Morgan fingerprint density at radius 1 is 1.06 bits per heavy atom. The van der Waals surface area contributed by atoms with Gasteiger partial charge in [-0.15, -0.1) is 5.10 Å². The molecule has 0 unspecified atom stereocenters. The van der Waals surface area contributed by atoms with E-state index in [1.807, 2.05) is 13.0 Å². The van der Waals surface area contributed by atoms with E-state index in [1.165, 1.54) is 28.9 Å². The van der Waals surface area contributed by atoms with Gasteiger partial charge in [0.2, 0.25) is 0 Å². The van der Waals surface area contributed by atoms with Crippen molar-refractivity contribution in [1.82, 2.24) is 14.8 Å². The molecule has 0 aliphatic carbocycles. The van der Waals surface area contributed by atoms with E-state index < -0.39 is 18.4 Å². The van der Waals surface area contributed by atoms with Gasteiger partial charge in [0.15, 0.2) is 18.2 Å². The Bertz CT molecular complexity index is 1340. The molecule has 33 heavy (non-hydrogen) atoms. The molecular weight excluding hydrogens is 513 g/mol. The molecule has 3 aromatic carbocycles. The van der Waals surface area contributed by atoms with Gasteiger partial charge in [-0.2, -0.15) is 0 Å². The van der Waals surface area contributed by atoms with Crippen LogP contribution in [-0.2, 0) is 4.74 Å². The Morgan fingerprint density at radius 2 is 1.76 bits per heavy atom. The number of carbonyl (C=O) groups is 2. The quantitative estimate of drug-likeness (QED) is 0.232. The molecule has 0 N–H and O–H groups in total. The van der Waals surface area contributed by atoms with Crippen LogP contribution in [0, 0.1) is 12.7 Å². The third-order valence-corrected chi connectivity index (χ3v) is 5.73. The second-order valence-corrected chi connectivity index (χ2v) is 8.44. The first-order valence-electron chi connectivity index (χ1n) is 9.77. The first kappa shape index (κ1) is 22.8. The van der Waals surface area contributed by atoms with Crippen LogP contribution in [0.25, 0.3) is 17.1 Å². The molecule has 0 amide bonds. The lowest BCUT2D eigenvalue weighted by molar-refractivity contribution is 0.0462. The van der Waals surface area contributed by atoms with Gasteiger partial charge in [0.05, 0.1) is 5.69 Å². The molecule has 1 heterocycles. The first-order valence-corrected chi connectivity index (χ1v) is 10.9. The smallest absolute Gasteiger partial charge is 0.378 e. The number of rotatable bonds is 6. The SMILES string of the molecule is Cc1ccc(-n2nc(C(=O)OCC(=O)c3ccc(Br)cc3)nc2-c2ccc(F)cc2)cc1Cl. The molecule has 0 saturated heterocycles. The summed E-state index contributed by atoms with van der Waals surface area (Å²) in [5.41, 5.74) is 2.37. The number of ketones is 1. The van der Waals surface area contributed by atoms with Crippen LogP contribution in [0.15, 0.2) is 71.2 Å². The number of benzene rings is 3. The van der Waals surface area contributed by atoms with E-state index in [9.17, 15) is 14.0 Å². The van der Waals surface area contributed by atoms with Crippen molar-refractivity contribution in [3.8, 4) is 17.1 Å². The van der Waals surface area contributed by atoms with E-state index >= 15 is 0 Å². The maximum Gasteiger partial charge on any atom is 0.378 e. The van der Waals surface area contributed by atoms with E-state index in [-0.39, 0.29) is 11.6 Å². The molecular formula is C24H16BrClFN3O3. The van der Waals surface area contributed by atoms with Gasteiger partial charge in [-0.25, -0.2) is 18.9 Å². The number of halogens is 3. The maximum atomic E-state index is 13.4. The lowest BCUT2D eigenvalue weighted by Gasteiger charge is -2.07. The number of carbonyl (C=O) groups excluding carboxylic acids is 2. The van der Waals surface area contributed by atoms with Crippen molar-refractivity contribution in [3.05, 3.63) is 99.0 Å². The maximum absolute atomic E-state index is 13.4. The topological polar surface area (TPSA) is 74.1 Å². The number of hydrogen-bond donors (Lipinski definition) is 0. The predicted octanol–water partition coefficient (Wildman–Crippen LogP) is 5.84. The summed E-state index contributed by atoms with van der Waals surface area (Å²) in [5.74, 6) is -1.58. The average molecular weight is 529 g/mol. The van der Waals surface area contributed by atoms with Crippen LogP contribution < -0.4 is 0 Å². The third-order valence-electron chi connectivity index (χ3n) is 4.79. The second-order valence-electron chi connectivity index (χ2n) is 7.12.